The molecule has 33 heavy (non-hydrogen) atoms. The molecular weight excluding hydrogens is 410 g/mol. The number of amides is 2. The fourth-order valence-corrected chi connectivity index (χ4v) is 4.31. The highest BCUT2D eigenvalue weighted by molar-refractivity contribution is 6.09. The van der Waals surface area contributed by atoms with Crippen LogP contribution in [0.1, 0.15) is 51.6 Å². The quantitative estimate of drug-likeness (QED) is 0.536. The van der Waals surface area contributed by atoms with Gasteiger partial charge >= 0.3 is 0 Å². The summed E-state index contributed by atoms with van der Waals surface area (Å²) in [5.41, 5.74) is 3.75. The Hall–Kier alpha value is -3.44. The SMILES string of the molecule is CC1CCCN(Cc2ccc(C(=O)Nc3ccccc3C(=O)NCc3ccccc3)cc2)C1. The number of carbonyl (C=O) groups is 2. The summed E-state index contributed by atoms with van der Waals surface area (Å²) >= 11 is 0. The number of likely N-dealkylation sites (tertiary alicyclic amines) is 1. The van der Waals surface area contributed by atoms with Crippen LogP contribution in [0, 0.1) is 5.92 Å². The van der Waals surface area contributed by atoms with E-state index in [2.05, 4.69) is 22.5 Å². The summed E-state index contributed by atoms with van der Waals surface area (Å²) in [6.45, 7) is 5.91. The third-order valence-corrected chi connectivity index (χ3v) is 6.08. The molecule has 3 aromatic carbocycles. The van der Waals surface area contributed by atoms with Gasteiger partial charge in [-0.05, 0) is 60.7 Å². The minimum atomic E-state index is -0.226. The lowest BCUT2D eigenvalue weighted by atomic mass is 9.99. The van der Waals surface area contributed by atoms with Gasteiger partial charge in [0.05, 0.1) is 11.3 Å². The molecule has 1 aliphatic rings. The molecule has 0 aromatic heterocycles. The molecule has 0 aliphatic carbocycles. The Morgan fingerprint density at radius 1 is 0.879 bits per heavy atom. The Labute approximate surface area is 195 Å². The first-order valence-electron chi connectivity index (χ1n) is 11.6. The summed E-state index contributed by atoms with van der Waals surface area (Å²) in [4.78, 5) is 28.1. The fraction of sp³-hybridized carbons (Fsp3) is 0.286. The van der Waals surface area contributed by atoms with Gasteiger partial charge in [0, 0.05) is 25.2 Å². The van der Waals surface area contributed by atoms with Gasteiger partial charge in [-0.2, -0.15) is 0 Å². The van der Waals surface area contributed by atoms with E-state index < -0.39 is 0 Å². The molecule has 5 heteroatoms. The highest BCUT2D eigenvalue weighted by Gasteiger charge is 2.17. The van der Waals surface area contributed by atoms with Crippen LogP contribution in [-0.4, -0.2) is 29.8 Å². The van der Waals surface area contributed by atoms with Gasteiger partial charge in [-0.25, -0.2) is 0 Å². The van der Waals surface area contributed by atoms with Gasteiger partial charge in [0.2, 0.25) is 0 Å². The fourth-order valence-electron chi connectivity index (χ4n) is 4.31. The van der Waals surface area contributed by atoms with Gasteiger partial charge in [-0.15, -0.1) is 0 Å². The highest BCUT2D eigenvalue weighted by atomic mass is 16.2. The molecule has 1 heterocycles. The third-order valence-electron chi connectivity index (χ3n) is 6.08. The topological polar surface area (TPSA) is 61.4 Å². The second kappa shape index (κ2) is 10.9. The molecule has 2 amide bonds. The lowest BCUT2D eigenvalue weighted by Gasteiger charge is -2.30. The summed E-state index contributed by atoms with van der Waals surface area (Å²) in [6.07, 6.45) is 2.56. The number of nitrogens with one attached hydrogen (secondary N) is 2. The average Bonchev–Trinajstić information content (AvgIpc) is 2.84. The largest absolute Gasteiger partial charge is 0.348 e. The monoisotopic (exact) mass is 441 g/mol. The molecule has 4 rings (SSSR count). The summed E-state index contributed by atoms with van der Waals surface area (Å²) in [6, 6.07) is 24.6. The van der Waals surface area contributed by atoms with Crippen LogP contribution in [0.5, 0.6) is 0 Å². The number of para-hydroxylation sites is 1. The molecule has 5 nitrogen and oxygen atoms in total. The number of anilines is 1. The molecule has 0 spiro atoms. The molecular formula is C28H31N3O2. The Morgan fingerprint density at radius 3 is 2.36 bits per heavy atom. The summed E-state index contributed by atoms with van der Waals surface area (Å²) in [5, 5.41) is 5.83. The Morgan fingerprint density at radius 2 is 1.61 bits per heavy atom. The molecule has 170 valence electrons. The van der Waals surface area contributed by atoms with Gasteiger partial charge in [0.1, 0.15) is 0 Å². The van der Waals surface area contributed by atoms with Crippen molar-refractivity contribution >= 4 is 17.5 Å². The first-order chi connectivity index (χ1) is 16.1. The van der Waals surface area contributed by atoms with E-state index in [0.717, 1.165) is 31.1 Å². The molecule has 0 radical (unpaired) electrons. The van der Waals surface area contributed by atoms with E-state index in [9.17, 15) is 9.59 Å². The summed E-state index contributed by atoms with van der Waals surface area (Å²) in [7, 11) is 0. The van der Waals surface area contributed by atoms with E-state index in [1.54, 1.807) is 18.2 Å². The second-order valence-corrected chi connectivity index (χ2v) is 8.85. The number of benzene rings is 3. The third kappa shape index (κ3) is 6.30. The number of piperidine rings is 1. The molecule has 1 atom stereocenters. The molecule has 1 unspecified atom stereocenters. The zero-order valence-corrected chi connectivity index (χ0v) is 19.1. The highest BCUT2D eigenvalue weighted by Crippen LogP contribution is 2.19. The van der Waals surface area contributed by atoms with Crippen molar-refractivity contribution in [3.05, 3.63) is 101 Å². The number of hydrogen-bond acceptors (Lipinski definition) is 3. The number of carbonyl (C=O) groups excluding carboxylic acids is 2. The predicted octanol–water partition coefficient (Wildman–Crippen LogP) is 5.10. The van der Waals surface area contributed by atoms with E-state index in [-0.39, 0.29) is 11.8 Å². The van der Waals surface area contributed by atoms with Crippen molar-refractivity contribution in [2.24, 2.45) is 5.92 Å². The minimum absolute atomic E-state index is 0.221. The van der Waals surface area contributed by atoms with Crippen molar-refractivity contribution in [3.63, 3.8) is 0 Å². The minimum Gasteiger partial charge on any atom is -0.348 e. The van der Waals surface area contributed by atoms with Crippen molar-refractivity contribution in [2.75, 3.05) is 18.4 Å². The van der Waals surface area contributed by atoms with Crippen LogP contribution in [0.25, 0.3) is 0 Å². The zero-order valence-electron chi connectivity index (χ0n) is 19.1. The summed E-state index contributed by atoms with van der Waals surface area (Å²) < 4.78 is 0. The molecule has 2 N–H and O–H groups in total. The smallest absolute Gasteiger partial charge is 0.255 e. The second-order valence-electron chi connectivity index (χ2n) is 8.85. The lowest BCUT2D eigenvalue weighted by molar-refractivity contribution is 0.0952. The lowest BCUT2D eigenvalue weighted by Crippen LogP contribution is -2.33. The van der Waals surface area contributed by atoms with Gasteiger partial charge < -0.3 is 10.6 Å². The van der Waals surface area contributed by atoms with E-state index in [1.807, 2.05) is 60.7 Å². The molecule has 3 aromatic rings. The average molecular weight is 442 g/mol. The Bertz CT molecular complexity index is 1080. The Balaban J connectivity index is 1.37. The van der Waals surface area contributed by atoms with Crippen molar-refractivity contribution in [1.29, 1.82) is 0 Å². The maximum atomic E-state index is 12.9. The van der Waals surface area contributed by atoms with Gasteiger partial charge in [0.15, 0.2) is 0 Å². The van der Waals surface area contributed by atoms with E-state index in [4.69, 9.17) is 0 Å². The standard InChI is InChI=1S/C28H31N3O2/c1-21-8-7-17-31(19-21)20-23-13-15-24(16-14-23)27(32)30-26-12-6-5-11-25(26)28(33)29-18-22-9-3-2-4-10-22/h2-6,9-16,21H,7-8,17-20H2,1H3,(H,29,33)(H,30,32). The molecule has 1 fully saturated rings. The van der Waals surface area contributed by atoms with Gasteiger partial charge in [-0.1, -0.05) is 61.5 Å². The van der Waals surface area contributed by atoms with Crippen LogP contribution in [0.15, 0.2) is 78.9 Å². The molecule has 0 bridgehead atoms. The maximum Gasteiger partial charge on any atom is 0.255 e. The van der Waals surface area contributed by atoms with Crippen LogP contribution in [0.3, 0.4) is 0 Å². The van der Waals surface area contributed by atoms with Crippen LogP contribution >= 0.6 is 0 Å². The van der Waals surface area contributed by atoms with E-state index in [1.165, 1.54) is 18.4 Å². The van der Waals surface area contributed by atoms with E-state index in [0.29, 0.717) is 23.4 Å². The van der Waals surface area contributed by atoms with Gasteiger partial charge in [0.25, 0.3) is 11.8 Å². The normalized spacial score (nSPS) is 16.2. The maximum absolute atomic E-state index is 12.9. The van der Waals surface area contributed by atoms with Gasteiger partial charge in [-0.3, -0.25) is 14.5 Å². The predicted molar refractivity (Wildman–Crippen MR) is 132 cm³/mol. The number of nitrogens with zero attached hydrogens (tertiary/aromatic N) is 1. The zero-order chi connectivity index (χ0) is 23.0. The van der Waals surface area contributed by atoms with Crippen LogP contribution in [0.2, 0.25) is 0 Å². The van der Waals surface area contributed by atoms with Crippen LogP contribution in [-0.2, 0) is 13.1 Å². The number of rotatable bonds is 7. The van der Waals surface area contributed by atoms with Crippen molar-refractivity contribution in [1.82, 2.24) is 10.2 Å². The van der Waals surface area contributed by atoms with Crippen molar-refractivity contribution in [3.8, 4) is 0 Å². The Kier molecular flexibility index (Phi) is 7.53. The van der Waals surface area contributed by atoms with Crippen molar-refractivity contribution < 1.29 is 9.59 Å². The molecule has 1 aliphatic heterocycles. The summed E-state index contributed by atoms with van der Waals surface area (Å²) in [5.74, 6) is 0.297. The molecule has 1 saturated heterocycles. The first kappa shape index (κ1) is 22.7. The van der Waals surface area contributed by atoms with E-state index >= 15 is 0 Å². The van der Waals surface area contributed by atoms with Crippen molar-refractivity contribution in [2.45, 2.75) is 32.9 Å². The number of hydrogen-bond donors (Lipinski definition) is 2. The molecule has 0 saturated carbocycles. The first-order valence-corrected chi connectivity index (χ1v) is 11.6. The van der Waals surface area contributed by atoms with Crippen LogP contribution in [0.4, 0.5) is 5.69 Å². The van der Waals surface area contributed by atoms with Crippen LogP contribution < -0.4 is 10.6 Å².